The van der Waals surface area contributed by atoms with Crippen LogP contribution in [0.1, 0.15) is 10.4 Å². The van der Waals surface area contributed by atoms with Crippen LogP contribution >= 0.6 is 23.2 Å². The molecule has 0 bridgehead atoms. The van der Waals surface area contributed by atoms with Gasteiger partial charge in [0.15, 0.2) is 0 Å². The molecule has 3 rings (SSSR count). The van der Waals surface area contributed by atoms with E-state index in [-0.39, 0.29) is 16.6 Å². The van der Waals surface area contributed by atoms with E-state index < -0.39 is 0 Å². The Labute approximate surface area is 128 Å². The quantitative estimate of drug-likeness (QED) is 0.676. The fraction of sp³-hybridized carbons (Fsp3) is 0. The third-order valence-corrected chi connectivity index (χ3v) is 3.80. The first-order valence-corrected chi connectivity index (χ1v) is 6.77. The third-order valence-electron chi connectivity index (χ3n) is 2.98. The monoisotopic (exact) mass is 321 g/mol. The molecule has 0 aliphatic carbocycles. The van der Waals surface area contributed by atoms with Crippen molar-refractivity contribution in [1.29, 1.82) is 0 Å². The van der Waals surface area contributed by atoms with E-state index in [4.69, 9.17) is 23.2 Å². The molecule has 0 unspecified atom stereocenters. The lowest BCUT2D eigenvalue weighted by molar-refractivity contribution is 0.102. The van der Waals surface area contributed by atoms with Gasteiger partial charge < -0.3 is 15.3 Å². The van der Waals surface area contributed by atoms with Crippen molar-refractivity contribution in [3.63, 3.8) is 0 Å². The Hall–Kier alpha value is -2.24. The van der Waals surface area contributed by atoms with Gasteiger partial charge in [-0.1, -0.05) is 29.3 Å². The summed E-state index contributed by atoms with van der Waals surface area (Å²) in [6.45, 7) is 0. The number of rotatable bonds is 2. The van der Waals surface area contributed by atoms with Gasteiger partial charge in [0.1, 0.15) is 0 Å². The molecule has 7 heteroatoms. The Morgan fingerprint density at radius 1 is 1.05 bits per heavy atom. The number of hydrogen-bond acceptors (Lipinski definition) is 2. The second-order valence-corrected chi connectivity index (χ2v) is 5.18. The average molecular weight is 322 g/mol. The molecule has 106 valence electrons. The second kappa shape index (κ2) is 5.27. The summed E-state index contributed by atoms with van der Waals surface area (Å²) in [6, 6.07) is 9.83. The van der Waals surface area contributed by atoms with Crippen LogP contribution in [0.25, 0.3) is 11.0 Å². The maximum Gasteiger partial charge on any atom is 0.323 e. The zero-order chi connectivity index (χ0) is 15.0. The molecule has 0 atom stereocenters. The molecule has 0 radical (unpaired) electrons. The first-order valence-electron chi connectivity index (χ1n) is 6.02. The van der Waals surface area contributed by atoms with Gasteiger partial charge in [-0.25, -0.2) is 4.79 Å². The van der Waals surface area contributed by atoms with Crippen molar-refractivity contribution >= 4 is 45.8 Å². The minimum absolute atomic E-state index is 0.281. The number of nitrogens with one attached hydrogen (secondary N) is 3. The highest BCUT2D eigenvalue weighted by atomic mass is 35.5. The molecule has 0 spiro atoms. The van der Waals surface area contributed by atoms with Crippen LogP contribution in [0.3, 0.4) is 0 Å². The number of fused-ring (bicyclic) bond motifs is 1. The van der Waals surface area contributed by atoms with Crippen LogP contribution < -0.4 is 11.0 Å². The highest BCUT2D eigenvalue weighted by Crippen LogP contribution is 2.29. The Morgan fingerprint density at radius 3 is 2.62 bits per heavy atom. The summed E-state index contributed by atoms with van der Waals surface area (Å²) < 4.78 is 0. The van der Waals surface area contributed by atoms with Crippen LogP contribution in [-0.4, -0.2) is 15.9 Å². The number of amides is 1. The normalized spacial score (nSPS) is 10.8. The summed E-state index contributed by atoms with van der Waals surface area (Å²) in [5, 5.41) is 3.32. The van der Waals surface area contributed by atoms with Crippen molar-refractivity contribution < 1.29 is 4.79 Å². The van der Waals surface area contributed by atoms with E-state index in [0.717, 1.165) is 0 Å². The molecule has 0 saturated heterocycles. The molecular weight excluding hydrogens is 313 g/mol. The Kier molecular flexibility index (Phi) is 3.45. The number of imidazole rings is 1. The van der Waals surface area contributed by atoms with E-state index in [9.17, 15) is 9.59 Å². The van der Waals surface area contributed by atoms with E-state index >= 15 is 0 Å². The predicted octanol–water partition coefficient (Wildman–Crippen LogP) is 3.42. The van der Waals surface area contributed by atoms with Gasteiger partial charge in [-0.05, 0) is 30.3 Å². The van der Waals surface area contributed by atoms with Gasteiger partial charge >= 0.3 is 5.69 Å². The molecule has 0 fully saturated rings. The Bertz CT molecular complexity index is 899. The standard InChI is InChI=1S/C14H9Cl2N3O2/c15-8-2-1-3-10(12(8)16)17-13(20)7-4-5-9-11(6-7)19-14(21)18-9/h1-6H,(H,17,20)(H2,18,19,21). The number of H-pyrrole nitrogens is 2. The molecule has 21 heavy (non-hydrogen) atoms. The van der Waals surface area contributed by atoms with Gasteiger partial charge in [0.05, 0.1) is 26.8 Å². The molecular formula is C14H9Cl2N3O2. The third kappa shape index (κ3) is 2.66. The Morgan fingerprint density at radius 2 is 1.81 bits per heavy atom. The molecule has 1 amide bonds. The van der Waals surface area contributed by atoms with Gasteiger partial charge in [0.2, 0.25) is 0 Å². The summed E-state index contributed by atoms with van der Waals surface area (Å²) >= 11 is 11.9. The zero-order valence-corrected chi connectivity index (χ0v) is 12.0. The molecule has 3 aromatic rings. The van der Waals surface area contributed by atoms with Crippen LogP contribution in [0.4, 0.5) is 5.69 Å². The summed E-state index contributed by atoms with van der Waals surface area (Å²) in [5.41, 5.74) is 1.70. The maximum absolute atomic E-state index is 12.2. The number of carbonyl (C=O) groups excluding carboxylic acids is 1. The van der Waals surface area contributed by atoms with Crippen LogP contribution in [0.15, 0.2) is 41.2 Å². The number of anilines is 1. The van der Waals surface area contributed by atoms with Crippen molar-refractivity contribution in [2.75, 3.05) is 5.32 Å². The molecule has 5 nitrogen and oxygen atoms in total. The first-order chi connectivity index (χ1) is 10.0. The van der Waals surface area contributed by atoms with Crippen molar-refractivity contribution in [3.05, 3.63) is 62.5 Å². The lowest BCUT2D eigenvalue weighted by atomic mass is 10.2. The Balaban J connectivity index is 1.93. The van der Waals surface area contributed by atoms with Crippen LogP contribution in [-0.2, 0) is 0 Å². The fourth-order valence-corrected chi connectivity index (χ4v) is 2.32. The summed E-state index contributed by atoms with van der Waals surface area (Å²) in [7, 11) is 0. The zero-order valence-electron chi connectivity index (χ0n) is 10.5. The fourth-order valence-electron chi connectivity index (χ4n) is 1.97. The van der Waals surface area contributed by atoms with Gasteiger partial charge in [0.25, 0.3) is 5.91 Å². The minimum Gasteiger partial charge on any atom is -0.321 e. The smallest absolute Gasteiger partial charge is 0.321 e. The van der Waals surface area contributed by atoms with Gasteiger partial charge in [0, 0.05) is 5.56 Å². The van der Waals surface area contributed by atoms with Crippen LogP contribution in [0, 0.1) is 0 Å². The number of hydrogen-bond donors (Lipinski definition) is 3. The molecule has 1 heterocycles. The number of benzene rings is 2. The van der Waals surface area contributed by atoms with Crippen molar-refractivity contribution in [2.24, 2.45) is 0 Å². The van der Waals surface area contributed by atoms with E-state index in [1.165, 1.54) is 0 Å². The number of carbonyl (C=O) groups is 1. The first kappa shape index (κ1) is 13.7. The second-order valence-electron chi connectivity index (χ2n) is 4.39. The number of halogens is 2. The molecule has 2 aromatic carbocycles. The lowest BCUT2D eigenvalue weighted by Gasteiger charge is -2.08. The van der Waals surface area contributed by atoms with Crippen molar-refractivity contribution in [2.45, 2.75) is 0 Å². The van der Waals surface area contributed by atoms with E-state index in [0.29, 0.717) is 27.3 Å². The van der Waals surface area contributed by atoms with E-state index in [1.54, 1.807) is 36.4 Å². The molecule has 0 aliphatic heterocycles. The van der Waals surface area contributed by atoms with Crippen molar-refractivity contribution in [3.8, 4) is 0 Å². The van der Waals surface area contributed by atoms with Crippen LogP contribution in [0.2, 0.25) is 10.0 Å². The lowest BCUT2D eigenvalue weighted by Crippen LogP contribution is -2.12. The SMILES string of the molecule is O=C(Nc1cccc(Cl)c1Cl)c1ccc2[nH]c(=O)[nH]c2c1. The molecule has 0 aliphatic rings. The highest BCUT2D eigenvalue weighted by Gasteiger charge is 2.11. The number of aromatic nitrogens is 2. The van der Waals surface area contributed by atoms with Gasteiger partial charge in [-0.2, -0.15) is 0 Å². The molecule has 0 saturated carbocycles. The largest absolute Gasteiger partial charge is 0.323 e. The van der Waals surface area contributed by atoms with Crippen molar-refractivity contribution in [1.82, 2.24) is 9.97 Å². The molecule has 1 aromatic heterocycles. The average Bonchev–Trinajstić information content (AvgIpc) is 2.82. The van der Waals surface area contributed by atoms with Gasteiger partial charge in [-0.3, -0.25) is 4.79 Å². The summed E-state index contributed by atoms with van der Waals surface area (Å²) in [6.07, 6.45) is 0. The predicted molar refractivity (Wildman–Crippen MR) is 83.3 cm³/mol. The van der Waals surface area contributed by atoms with Gasteiger partial charge in [-0.15, -0.1) is 0 Å². The summed E-state index contributed by atoms with van der Waals surface area (Å²) in [5.74, 6) is -0.344. The summed E-state index contributed by atoms with van der Waals surface area (Å²) in [4.78, 5) is 28.6. The van der Waals surface area contributed by atoms with Crippen LogP contribution in [0.5, 0.6) is 0 Å². The van der Waals surface area contributed by atoms with E-state index in [1.807, 2.05) is 0 Å². The van der Waals surface area contributed by atoms with E-state index in [2.05, 4.69) is 15.3 Å². The maximum atomic E-state index is 12.2. The topological polar surface area (TPSA) is 77.8 Å². The molecule has 3 N–H and O–H groups in total. The minimum atomic E-state index is -0.344. The highest BCUT2D eigenvalue weighted by molar-refractivity contribution is 6.44. The number of aromatic amines is 2.